The fourth-order valence-corrected chi connectivity index (χ4v) is 4.35. The molecule has 1 aliphatic heterocycles. The van der Waals surface area contributed by atoms with Gasteiger partial charge in [-0.15, -0.1) is 0 Å². The van der Waals surface area contributed by atoms with Crippen LogP contribution in [0.2, 0.25) is 0 Å². The lowest BCUT2D eigenvalue weighted by Gasteiger charge is -2.28. The summed E-state index contributed by atoms with van der Waals surface area (Å²) >= 11 is 0. The number of piperidine rings is 1. The van der Waals surface area contributed by atoms with Gasteiger partial charge in [0.25, 0.3) is 0 Å². The van der Waals surface area contributed by atoms with E-state index in [0.717, 1.165) is 13.0 Å². The van der Waals surface area contributed by atoms with Crippen LogP contribution in [0.25, 0.3) is 0 Å². The highest BCUT2D eigenvalue weighted by Gasteiger charge is 2.28. The van der Waals surface area contributed by atoms with Gasteiger partial charge in [0.05, 0.1) is 11.4 Å². The smallest absolute Gasteiger partial charge is 0.244 e. The first-order chi connectivity index (χ1) is 8.81. The third-order valence-electron chi connectivity index (χ3n) is 3.60. The van der Waals surface area contributed by atoms with Gasteiger partial charge in [-0.2, -0.15) is 5.10 Å². The highest BCUT2D eigenvalue weighted by Crippen LogP contribution is 2.20. The van der Waals surface area contributed by atoms with Crippen LogP contribution in [0.4, 0.5) is 0 Å². The molecule has 2 N–H and O–H groups in total. The zero-order valence-electron chi connectivity index (χ0n) is 11.9. The van der Waals surface area contributed by atoms with E-state index in [-0.39, 0.29) is 6.04 Å². The van der Waals surface area contributed by atoms with Crippen LogP contribution in [0.1, 0.15) is 24.7 Å². The average Bonchev–Trinajstić information content (AvgIpc) is 2.52. The van der Waals surface area contributed by atoms with Gasteiger partial charge in [0.1, 0.15) is 4.90 Å². The molecular formula is C12H22N4O2S. The predicted octanol–water partition coefficient (Wildman–Crippen LogP) is 0.313. The van der Waals surface area contributed by atoms with Gasteiger partial charge in [0, 0.05) is 19.6 Å². The molecule has 1 fully saturated rings. The molecule has 0 radical (unpaired) electrons. The van der Waals surface area contributed by atoms with Gasteiger partial charge in [-0.25, -0.2) is 13.1 Å². The van der Waals surface area contributed by atoms with Crippen molar-refractivity contribution in [1.29, 1.82) is 0 Å². The van der Waals surface area contributed by atoms with E-state index in [1.165, 1.54) is 0 Å². The van der Waals surface area contributed by atoms with Crippen LogP contribution in [0, 0.1) is 19.8 Å². The fourth-order valence-electron chi connectivity index (χ4n) is 2.67. The monoisotopic (exact) mass is 286 g/mol. The van der Waals surface area contributed by atoms with Crippen LogP contribution < -0.4 is 10.0 Å². The Morgan fingerprint density at radius 3 is 2.58 bits per heavy atom. The number of nitrogens with zero attached hydrogens (tertiary/aromatic N) is 2. The molecular weight excluding hydrogens is 264 g/mol. The molecule has 19 heavy (non-hydrogen) atoms. The van der Waals surface area contributed by atoms with Crippen LogP contribution in [0.15, 0.2) is 4.90 Å². The van der Waals surface area contributed by atoms with Crippen molar-refractivity contribution in [2.45, 2.75) is 38.1 Å². The third-order valence-corrected chi connectivity index (χ3v) is 5.38. The molecule has 1 aromatic heterocycles. The minimum Gasteiger partial charge on any atom is -0.315 e. The van der Waals surface area contributed by atoms with Crippen molar-refractivity contribution in [1.82, 2.24) is 19.8 Å². The quantitative estimate of drug-likeness (QED) is 0.839. The topological polar surface area (TPSA) is 76.0 Å². The average molecular weight is 286 g/mol. The molecule has 0 spiro atoms. The first-order valence-electron chi connectivity index (χ1n) is 6.54. The maximum Gasteiger partial charge on any atom is 0.244 e. The van der Waals surface area contributed by atoms with E-state index in [9.17, 15) is 8.42 Å². The van der Waals surface area contributed by atoms with Crippen molar-refractivity contribution >= 4 is 10.0 Å². The van der Waals surface area contributed by atoms with Crippen LogP contribution >= 0.6 is 0 Å². The maximum atomic E-state index is 12.5. The summed E-state index contributed by atoms with van der Waals surface area (Å²) in [7, 11) is -1.74. The molecule has 0 aliphatic carbocycles. The summed E-state index contributed by atoms with van der Waals surface area (Å²) in [6, 6.07) is -0.0484. The normalized spacial score (nSPS) is 24.6. The summed E-state index contributed by atoms with van der Waals surface area (Å²) in [5.74, 6) is 0.484. The number of aromatic nitrogens is 2. The van der Waals surface area contributed by atoms with E-state index < -0.39 is 10.0 Å². The predicted molar refractivity (Wildman–Crippen MR) is 73.4 cm³/mol. The Labute approximate surface area is 114 Å². The molecule has 108 valence electrons. The van der Waals surface area contributed by atoms with E-state index in [1.807, 2.05) is 0 Å². The molecule has 1 saturated heterocycles. The van der Waals surface area contributed by atoms with Crippen LogP contribution in [-0.2, 0) is 17.1 Å². The van der Waals surface area contributed by atoms with Gasteiger partial charge in [-0.3, -0.25) is 4.68 Å². The molecule has 1 aliphatic rings. The molecule has 2 rings (SSSR count). The Morgan fingerprint density at radius 2 is 2.05 bits per heavy atom. The Hall–Kier alpha value is -0.920. The standard InChI is InChI=1S/C12H22N4O2S/c1-8-5-11(7-13-6-8)15-19(17,18)12-9(2)14-16(4)10(12)3/h8,11,13,15H,5-7H2,1-4H3. The van der Waals surface area contributed by atoms with Gasteiger partial charge in [-0.05, 0) is 32.7 Å². The van der Waals surface area contributed by atoms with Crippen molar-refractivity contribution in [3.05, 3.63) is 11.4 Å². The number of hydrogen-bond donors (Lipinski definition) is 2. The zero-order chi connectivity index (χ0) is 14.2. The summed E-state index contributed by atoms with van der Waals surface area (Å²) in [4.78, 5) is 0.313. The highest BCUT2D eigenvalue weighted by molar-refractivity contribution is 7.89. The highest BCUT2D eigenvalue weighted by atomic mass is 32.2. The molecule has 2 atom stereocenters. The third kappa shape index (κ3) is 2.98. The lowest BCUT2D eigenvalue weighted by molar-refractivity contribution is 0.346. The number of rotatable bonds is 3. The van der Waals surface area contributed by atoms with E-state index in [0.29, 0.717) is 28.7 Å². The number of sulfonamides is 1. The summed E-state index contributed by atoms with van der Waals surface area (Å²) < 4.78 is 29.3. The molecule has 0 saturated carbocycles. The van der Waals surface area contributed by atoms with E-state index in [2.05, 4.69) is 22.1 Å². The lowest BCUT2D eigenvalue weighted by Crippen LogP contribution is -2.48. The van der Waals surface area contributed by atoms with Crippen LogP contribution in [-0.4, -0.2) is 37.3 Å². The van der Waals surface area contributed by atoms with Gasteiger partial charge < -0.3 is 5.32 Å². The number of nitrogens with one attached hydrogen (secondary N) is 2. The molecule has 6 nitrogen and oxygen atoms in total. The minimum atomic E-state index is -3.50. The van der Waals surface area contributed by atoms with Gasteiger partial charge in [0.15, 0.2) is 0 Å². The van der Waals surface area contributed by atoms with Crippen LogP contribution in [0.5, 0.6) is 0 Å². The van der Waals surface area contributed by atoms with Crippen molar-refractivity contribution in [2.24, 2.45) is 13.0 Å². The maximum absolute atomic E-state index is 12.5. The minimum absolute atomic E-state index is 0.0484. The molecule has 0 aromatic carbocycles. The molecule has 2 heterocycles. The second-order valence-electron chi connectivity index (χ2n) is 5.44. The molecule has 0 bridgehead atoms. The van der Waals surface area contributed by atoms with Crippen molar-refractivity contribution in [3.63, 3.8) is 0 Å². The molecule has 2 unspecified atom stereocenters. The molecule has 7 heteroatoms. The summed E-state index contributed by atoms with van der Waals surface area (Å²) in [6.07, 6.45) is 0.866. The van der Waals surface area contributed by atoms with Gasteiger partial charge in [0.2, 0.25) is 10.0 Å². The summed E-state index contributed by atoms with van der Waals surface area (Å²) in [5, 5.41) is 7.41. The Bertz CT molecular complexity index is 565. The summed E-state index contributed by atoms with van der Waals surface area (Å²) in [6.45, 7) is 7.25. The molecule has 1 aromatic rings. The first kappa shape index (κ1) is 14.5. The van der Waals surface area contributed by atoms with Gasteiger partial charge >= 0.3 is 0 Å². The van der Waals surface area contributed by atoms with E-state index >= 15 is 0 Å². The second kappa shape index (κ2) is 5.22. The van der Waals surface area contributed by atoms with Crippen molar-refractivity contribution in [2.75, 3.05) is 13.1 Å². The number of hydrogen-bond acceptors (Lipinski definition) is 4. The Kier molecular flexibility index (Phi) is 3.98. The summed E-state index contributed by atoms with van der Waals surface area (Å²) in [5.41, 5.74) is 1.21. The first-order valence-corrected chi connectivity index (χ1v) is 8.03. The number of aryl methyl sites for hydroxylation is 2. The van der Waals surface area contributed by atoms with Crippen molar-refractivity contribution in [3.8, 4) is 0 Å². The zero-order valence-corrected chi connectivity index (χ0v) is 12.7. The lowest BCUT2D eigenvalue weighted by atomic mass is 9.99. The van der Waals surface area contributed by atoms with Gasteiger partial charge in [-0.1, -0.05) is 6.92 Å². The second-order valence-corrected chi connectivity index (χ2v) is 7.09. The fraction of sp³-hybridized carbons (Fsp3) is 0.750. The molecule has 0 amide bonds. The van der Waals surface area contributed by atoms with E-state index in [1.54, 1.807) is 25.6 Å². The SMILES string of the molecule is Cc1nn(C)c(C)c1S(=O)(=O)NC1CNCC(C)C1. The largest absolute Gasteiger partial charge is 0.315 e. The van der Waals surface area contributed by atoms with E-state index in [4.69, 9.17) is 0 Å². The Balaban J connectivity index is 2.23. The van der Waals surface area contributed by atoms with Crippen LogP contribution in [0.3, 0.4) is 0 Å². The van der Waals surface area contributed by atoms with Crippen molar-refractivity contribution < 1.29 is 8.42 Å². The Morgan fingerprint density at radius 1 is 1.37 bits per heavy atom.